The van der Waals surface area contributed by atoms with Gasteiger partial charge in [0.05, 0.1) is 6.61 Å². The van der Waals surface area contributed by atoms with Crippen LogP contribution in [0.4, 0.5) is 0 Å². The molecule has 0 radical (unpaired) electrons. The van der Waals surface area contributed by atoms with Crippen LogP contribution in [0.3, 0.4) is 0 Å². The standard InChI is InChI=1S/C18H30N4OS/c1-19-18(21-11-15-24-17-6-4-3-5-7-17)20-10-12-22(13-14-23-2)16-8-9-16/h3-7,16H,8-15H2,1-2H3,(H2,19,20,21). The maximum absolute atomic E-state index is 5.20. The van der Waals surface area contributed by atoms with Crippen molar-refractivity contribution in [3.05, 3.63) is 30.3 Å². The largest absolute Gasteiger partial charge is 0.383 e. The molecule has 2 rings (SSSR count). The van der Waals surface area contributed by atoms with Gasteiger partial charge in [0.1, 0.15) is 0 Å². The second-order valence-corrected chi connectivity index (χ2v) is 7.02. The molecule has 0 spiro atoms. The van der Waals surface area contributed by atoms with E-state index >= 15 is 0 Å². The number of nitrogens with one attached hydrogen (secondary N) is 2. The maximum Gasteiger partial charge on any atom is 0.191 e. The van der Waals surface area contributed by atoms with Crippen LogP contribution in [0.2, 0.25) is 0 Å². The van der Waals surface area contributed by atoms with Gasteiger partial charge in [-0.25, -0.2) is 0 Å². The van der Waals surface area contributed by atoms with E-state index in [-0.39, 0.29) is 0 Å². The van der Waals surface area contributed by atoms with Crippen molar-refractivity contribution in [1.29, 1.82) is 0 Å². The van der Waals surface area contributed by atoms with E-state index in [2.05, 4.69) is 44.8 Å². The number of ether oxygens (including phenoxy) is 1. The third-order valence-corrected chi connectivity index (χ3v) is 4.98. The first-order chi connectivity index (χ1) is 11.8. The van der Waals surface area contributed by atoms with Crippen LogP contribution in [0.1, 0.15) is 12.8 Å². The summed E-state index contributed by atoms with van der Waals surface area (Å²) in [7, 11) is 3.59. The molecular weight excluding hydrogens is 320 g/mol. The summed E-state index contributed by atoms with van der Waals surface area (Å²) in [4.78, 5) is 8.11. The molecule has 0 amide bonds. The summed E-state index contributed by atoms with van der Waals surface area (Å²) in [5.41, 5.74) is 0. The third kappa shape index (κ3) is 7.55. The molecule has 1 aromatic rings. The van der Waals surface area contributed by atoms with Crippen LogP contribution in [-0.4, -0.2) is 69.6 Å². The van der Waals surface area contributed by atoms with Gasteiger partial charge in [-0.15, -0.1) is 11.8 Å². The highest BCUT2D eigenvalue weighted by Crippen LogP contribution is 2.25. The van der Waals surface area contributed by atoms with Crippen LogP contribution in [0.15, 0.2) is 40.2 Å². The van der Waals surface area contributed by atoms with Crippen molar-refractivity contribution in [3.8, 4) is 0 Å². The Kier molecular flexibility index (Phi) is 9.02. The minimum absolute atomic E-state index is 0.763. The molecule has 24 heavy (non-hydrogen) atoms. The highest BCUT2D eigenvalue weighted by atomic mass is 32.2. The zero-order chi connectivity index (χ0) is 17.0. The quantitative estimate of drug-likeness (QED) is 0.277. The van der Waals surface area contributed by atoms with E-state index < -0.39 is 0 Å². The summed E-state index contributed by atoms with van der Waals surface area (Å²) in [5.74, 6) is 1.90. The minimum atomic E-state index is 0.763. The van der Waals surface area contributed by atoms with Gasteiger partial charge in [0.25, 0.3) is 0 Å². The molecule has 1 saturated carbocycles. The molecule has 1 aromatic carbocycles. The molecule has 0 bridgehead atoms. The van der Waals surface area contributed by atoms with Gasteiger partial charge in [-0.1, -0.05) is 18.2 Å². The number of nitrogens with zero attached hydrogens (tertiary/aromatic N) is 2. The number of rotatable bonds is 11. The molecular formula is C18H30N4OS. The molecule has 0 atom stereocenters. The molecule has 2 N–H and O–H groups in total. The summed E-state index contributed by atoms with van der Waals surface area (Å²) in [5, 5.41) is 6.78. The summed E-state index contributed by atoms with van der Waals surface area (Å²) < 4.78 is 5.20. The number of aliphatic imine (C=N–C) groups is 1. The van der Waals surface area contributed by atoms with Crippen molar-refractivity contribution in [1.82, 2.24) is 15.5 Å². The Balaban J connectivity index is 1.58. The van der Waals surface area contributed by atoms with Crippen LogP contribution < -0.4 is 10.6 Å². The Morgan fingerprint density at radius 1 is 1.21 bits per heavy atom. The van der Waals surface area contributed by atoms with E-state index in [1.807, 2.05) is 24.9 Å². The van der Waals surface area contributed by atoms with Gasteiger partial charge in [-0.05, 0) is 25.0 Å². The van der Waals surface area contributed by atoms with E-state index in [0.29, 0.717) is 0 Å². The number of benzene rings is 1. The van der Waals surface area contributed by atoms with Gasteiger partial charge < -0.3 is 15.4 Å². The van der Waals surface area contributed by atoms with E-state index in [4.69, 9.17) is 4.74 Å². The van der Waals surface area contributed by atoms with Crippen molar-refractivity contribution >= 4 is 17.7 Å². The third-order valence-electron chi connectivity index (χ3n) is 3.97. The van der Waals surface area contributed by atoms with E-state index in [9.17, 15) is 0 Å². The van der Waals surface area contributed by atoms with Crippen LogP contribution in [0, 0.1) is 0 Å². The number of hydrogen-bond donors (Lipinski definition) is 2. The fraction of sp³-hybridized carbons (Fsp3) is 0.611. The monoisotopic (exact) mass is 350 g/mol. The Morgan fingerprint density at radius 2 is 1.96 bits per heavy atom. The average Bonchev–Trinajstić information content (AvgIpc) is 3.45. The fourth-order valence-corrected chi connectivity index (χ4v) is 3.31. The second-order valence-electron chi connectivity index (χ2n) is 5.85. The van der Waals surface area contributed by atoms with Crippen molar-refractivity contribution in [2.75, 3.05) is 52.7 Å². The Morgan fingerprint density at radius 3 is 2.62 bits per heavy atom. The first kappa shape index (κ1) is 19.1. The van der Waals surface area contributed by atoms with Crippen LogP contribution in [0.25, 0.3) is 0 Å². The Bertz CT molecular complexity index is 479. The molecule has 5 nitrogen and oxygen atoms in total. The van der Waals surface area contributed by atoms with Gasteiger partial charge in [-0.2, -0.15) is 0 Å². The summed E-state index contributed by atoms with van der Waals surface area (Å²) in [6, 6.07) is 11.2. The molecule has 0 aromatic heterocycles. The summed E-state index contributed by atoms with van der Waals surface area (Å²) in [6.07, 6.45) is 2.65. The van der Waals surface area contributed by atoms with E-state index in [1.165, 1.54) is 17.7 Å². The lowest BCUT2D eigenvalue weighted by atomic mass is 10.4. The van der Waals surface area contributed by atoms with E-state index in [0.717, 1.165) is 50.5 Å². The fourth-order valence-electron chi connectivity index (χ4n) is 2.52. The molecule has 1 fully saturated rings. The second kappa shape index (κ2) is 11.3. The lowest BCUT2D eigenvalue weighted by Gasteiger charge is -2.22. The number of hydrogen-bond acceptors (Lipinski definition) is 4. The van der Waals surface area contributed by atoms with Crippen LogP contribution in [-0.2, 0) is 4.74 Å². The normalized spacial score (nSPS) is 14.9. The number of methoxy groups -OCH3 is 1. The minimum Gasteiger partial charge on any atom is -0.383 e. The Hall–Kier alpha value is -1.24. The SMILES string of the molecule is CN=C(NCCSc1ccccc1)NCCN(CCOC)C1CC1. The molecule has 1 aliphatic rings. The number of thioether (sulfide) groups is 1. The summed E-state index contributed by atoms with van der Waals surface area (Å²) >= 11 is 1.86. The lowest BCUT2D eigenvalue weighted by molar-refractivity contribution is 0.144. The maximum atomic E-state index is 5.20. The van der Waals surface area contributed by atoms with Gasteiger partial charge in [0.2, 0.25) is 0 Å². The molecule has 0 heterocycles. The molecule has 134 valence electrons. The first-order valence-electron chi connectivity index (χ1n) is 8.69. The highest BCUT2D eigenvalue weighted by Gasteiger charge is 2.28. The molecule has 0 saturated heterocycles. The van der Waals surface area contributed by atoms with Crippen molar-refractivity contribution in [3.63, 3.8) is 0 Å². The van der Waals surface area contributed by atoms with Crippen molar-refractivity contribution < 1.29 is 4.74 Å². The molecule has 1 aliphatic carbocycles. The van der Waals surface area contributed by atoms with Crippen LogP contribution >= 0.6 is 11.8 Å². The zero-order valence-corrected chi connectivity index (χ0v) is 15.6. The van der Waals surface area contributed by atoms with Crippen LogP contribution in [0.5, 0.6) is 0 Å². The van der Waals surface area contributed by atoms with Crippen molar-refractivity contribution in [2.45, 2.75) is 23.8 Å². The first-order valence-corrected chi connectivity index (χ1v) is 9.67. The predicted molar refractivity (Wildman–Crippen MR) is 103 cm³/mol. The zero-order valence-electron chi connectivity index (χ0n) is 14.8. The highest BCUT2D eigenvalue weighted by molar-refractivity contribution is 7.99. The van der Waals surface area contributed by atoms with Gasteiger partial charge in [0, 0.05) is 57.0 Å². The topological polar surface area (TPSA) is 48.9 Å². The van der Waals surface area contributed by atoms with Crippen molar-refractivity contribution in [2.24, 2.45) is 4.99 Å². The lowest BCUT2D eigenvalue weighted by Crippen LogP contribution is -2.43. The van der Waals surface area contributed by atoms with Gasteiger partial charge >= 0.3 is 0 Å². The van der Waals surface area contributed by atoms with Gasteiger partial charge in [-0.3, -0.25) is 9.89 Å². The Labute approximate surface area is 150 Å². The number of guanidine groups is 1. The molecule has 0 unspecified atom stereocenters. The molecule has 6 heteroatoms. The van der Waals surface area contributed by atoms with Gasteiger partial charge in [0.15, 0.2) is 5.96 Å². The van der Waals surface area contributed by atoms with E-state index in [1.54, 1.807) is 7.11 Å². The predicted octanol–water partition coefficient (Wildman–Crippen LogP) is 2.05. The molecule has 0 aliphatic heterocycles. The smallest absolute Gasteiger partial charge is 0.191 e. The summed E-state index contributed by atoms with van der Waals surface area (Å²) in [6.45, 7) is 4.66. The average molecular weight is 351 g/mol.